The summed E-state index contributed by atoms with van der Waals surface area (Å²) >= 11 is 0. The average Bonchev–Trinajstić information content (AvgIpc) is 3.35. The summed E-state index contributed by atoms with van der Waals surface area (Å²) in [4.78, 5) is 38.1. The second-order valence-electron chi connectivity index (χ2n) is 20.6. The zero-order valence-electron chi connectivity index (χ0n) is 46.3. The lowest BCUT2D eigenvalue weighted by Crippen LogP contribution is -2.30. The van der Waals surface area contributed by atoms with E-state index in [1.54, 1.807) is 0 Å². The Balaban J connectivity index is 4.20. The smallest absolute Gasteiger partial charge is 0.306 e. The highest BCUT2D eigenvalue weighted by Gasteiger charge is 2.19. The van der Waals surface area contributed by atoms with Crippen LogP contribution in [0.4, 0.5) is 0 Å². The van der Waals surface area contributed by atoms with Gasteiger partial charge in [0.1, 0.15) is 13.2 Å². The van der Waals surface area contributed by atoms with Gasteiger partial charge in [-0.05, 0) is 70.6 Å². The van der Waals surface area contributed by atoms with Crippen LogP contribution in [0.1, 0.15) is 329 Å². The molecule has 0 aromatic rings. The van der Waals surface area contributed by atoms with Crippen LogP contribution in [0.15, 0.2) is 36.5 Å². The molecule has 0 saturated carbocycles. The number of esters is 3. The summed E-state index contributed by atoms with van der Waals surface area (Å²) < 4.78 is 16.9. The molecule has 0 aromatic carbocycles. The molecule has 1 atom stereocenters. The first-order valence-electron chi connectivity index (χ1n) is 30.5. The number of allylic oxidation sites excluding steroid dienone is 6. The van der Waals surface area contributed by atoms with Crippen LogP contribution in [0.2, 0.25) is 0 Å². The lowest BCUT2D eigenvalue weighted by Gasteiger charge is -2.18. The molecule has 69 heavy (non-hydrogen) atoms. The van der Waals surface area contributed by atoms with Crippen molar-refractivity contribution in [3.63, 3.8) is 0 Å². The van der Waals surface area contributed by atoms with Crippen molar-refractivity contribution in [3.05, 3.63) is 36.5 Å². The molecule has 0 aliphatic heterocycles. The maximum atomic E-state index is 12.8. The minimum Gasteiger partial charge on any atom is -0.462 e. The first-order valence-corrected chi connectivity index (χ1v) is 30.5. The zero-order valence-corrected chi connectivity index (χ0v) is 46.3. The molecule has 0 aliphatic carbocycles. The maximum absolute atomic E-state index is 12.8. The Morgan fingerprint density at radius 1 is 0.290 bits per heavy atom. The monoisotopic (exact) mass is 969 g/mol. The number of carbonyl (C=O) groups excluding carboxylic acids is 3. The van der Waals surface area contributed by atoms with Gasteiger partial charge >= 0.3 is 17.9 Å². The Labute approximate surface area is 429 Å². The van der Waals surface area contributed by atoms with Crippen molar-refractivity contribution in [2.45, 2.75) is 335 Å². The van der Waals surface area contributed by atoms with Crippen LogP contribution >= 0.6 is 0 Å². The van der Waals surface area contributed by atoms with Gasteiger partial charge in [-0.1, -0.05) is 276 Å². The van der Waals surface area contributed by atoms with Crippen molar-refractivity contribution >= 4 is 17.9 Å². The summed E-state index contributed by atoms with van der Waals surface area (Å²) in [5.41, 5.74) is 0. The highest BCUT2D eigenvalue weighted by atomic mass is 16.6. The van der Waals surface area contributed by atoms with Crippen LogP contribution < -0.4 is 0 Å². The van der Waals surface area contributed by atoms with Gasteiger partial charge in [-0.2, -0.15) is 0 Å². The third kappa shape index (κ3) is 56.4. The first-order chi connectivity index (χ1) is 34.0. The van der Waals surface area contributed by atoms with Crippen molar-refractivity contribution in [2.24, 2.45) is 0 Å². The van der Waals surface area contributed by atoms with Gasteiger partial charge in [0.15, 0.2) is 6.10 Å². The van der Waals surface area contributed by atoms with Gasteiger partial charge < -0.3 is 14.2 Å². The topological polar surface area (TPSA) is 78.9 Å². The van der Waals surface area contributed by atoms with E-state index in [0.717, 1.165) is 89.9 Å². The molecule has 0 rings (SSSR count). The highest BCUT2D eigenvalue weighted by molar-refractivity contribution is 5.71. The number of ether oxygens (including phenoxy) is 3. The van der Waals surface area contributed by atoms with E-state index in [1.807, 2.05) is 0 Å². The molecule has 6 nitrogen and oxygen atoms in total. The van der Waals surface area contributed by atoms with E-state index >= 15 is 0 Å². The maximum Gasteiger partial charge on any atom is 0.306 e. The van der Waals surface area contributed by atoms with E-state index in [1.165, 1.54) is 199 Å². The summed E-state index contributed by atoms with van der Waals surface area (Å²) in [6.45, 7) is 6.60. The van der Waals surface area contributed by atoms with Crippen molar-refractivity contribution in [1.82, 2.24) is 0 Å². The molecular formula is C63H116O6. The molecule has 0 heterocycles. The Morgan fingerprint density at radius 3 is 0.884 bits per heavy atom. The van der Waals surface area contributed by atoms with E-state index in [0.29, 0.717) is 19.3 Å². The summed E-state index contributed by atoms with van der Waals surface area (Å²) in [7, 11) is 0. The molecule has 6 heteroatoms. The molecule has 0 fully saturated rings. The average molecular weight is 970 g/mol. The number of rotatable bonds is 56. The highest BCUT2D eigenvalue weighted by Crippen LogP contribution is 2.17. The van der Waals surface area contributed by atoms with Crippen LogP contribution in [0.3, 0.4) is 0 Å². The van der Waals surface area contributed by atoms with E-state index in [2.05, 4.69) is 57.2 Å². The van der Waals surface area contributed by atoms with E-state index in [-0.39, 0.29) is 31.1 Å². The zero-order chi connectivity index (χ0) is 50.0. The summed E-state index contributed by atoms with van der Waals surface area (Å²) in [5, 5.41) is 0. The van der Waals surface area contributed by atoms with Crippen molar-refractivity contribution in [3.8, 4) is 0 Å². The molecular weight excluding hydrogens is 853 g/mol. The van der Waals surface area contributed by atoms with Gasteiger partial charge in [0, 0.05) is 19.3 Å². The quantitative estimate of drug-likeness (QED) is 0.0261. The van der Waals surface area contributed by atoms with Gasteiger partial charge in [-0.25, -0.2) is 0 Å². The minimum absolute atomic E-state index is 0.0770. The Bertz CT molecular complexity index is 1160. The lowest BCUT2D eigenvalue weighted by molar-refractivity contribution is -0.167. The van der Waals surface area contributed by atoms with Crippen molar-refractivity contribution in [1.29, 1.82) is 0 Å². The Kier molecular flexibility index (Phi) is 56.2. The molecule has 0 bridgehead atoms. The number of hydrogen-bond acceptors (Lipinski definition) is 6. The largest absolute Gasteiger partial charge is 0.462 e. The van der Waals surface area contributed by atoms with Crippen molar-refractivity contribution in [2.75, 3.05) is 13.2 Å². The standard InChI is InChI=1S/C63H116O6/c1-4-7-10-13-16-19-22-25-27-28-29-30-31-32-33-34-35-36-37-39-41-44-47-50-53-56-62(65)68-59-60(58-67-61(64)55-52-49-46-43-40-24-21-18-15-12-9-6-3)69-63(66)57-54-51-48-45-42-38-26-23-20-17-14-11-8-5-2/h14,17-18,21,23,26,60H,4-13,15-16,19-20,22,24-25,27-59H2,1-3H3/b17-14-,21-18-,26-23-. The Hall–Kier alpha value is -2.37. The predicted octanol–water partition coefficient (Wildman–Crippen LogP) is 20.4. The third-order valence-corrected chi connectivity index (χ3v) is 13.6. The van der Waals surface area contributed by atoms with Gasteiger partial charge in [0.05, 0.1) is 0 Å². The fourth-order valence-corrected chi connectivity index (χ4v) is 8.99. The van der Waals surface area contributed by atoms with E-state index in [4.69, 9.17) is 14.2 Å². The van der Waals surface area contributed by atoms with E-state index in [9.17, 15) is 14.4 Å². The molecule has 0 amide bonds. The minimum atomic E-state index is -0.780. The van der Waals surface area contributed by atoms with Gasteiger partial charge in [-0.15, -0.1) is 0 Å². The van der Waals surface area contributed by atoms with Gasteiger partial charge in [-0.3, -0.25) is 14.4 Å². The number of hydrogen-bond donors (Lipinski definition) is 0. The molecule has 1 unspecified atom stereocenters. The van der Waals surface area contributed by atoms with Crippen LogP contribution in [0.5, 0.6) is 0 Å². The number of unbranched alkanes of at least 4 members (excludes halogenated alkanes) is 39. The summed E-state index contributed by atoms with van der Waals surface area (Å²) in [6.07, 6.45) is 70.1. The predicted molar refractivity (Wildman–Crippen MR) is 298 cm³/mol. The number of carbonyl (C=O) groups is 3. The molecule has 0 aromatic heterocycles. The molecule has 0 N–H and O–H groups in total. The SMILES string of the molecule is CCCC/C=C\C/C=C\CCCCCCCC(=O)OC(COC(=O)CCCCCCC/C=C\CCCCC)COC(=O)CCCCCCCCCCCCCCCCCCCCCCCCCCC. The molecule has 0 radical (unpaired) electrons. The summed E-state index contributed by atoms with van der Waals surface area (Å²) in [6, 6.07) is 0. The van der Waals surface area contributed by atoms with Crippen LogP contribution in [-0.4, -0.2) is 37.2 Å². The van der Waals surface area contributed by atoms with Crippen LogP contribution in [-0.2, 0) is 28.6 Å². The second-order valence-corrected chi connectivity index (χ2v) is 20.6. The molecule has 0 spiro atoms. The van der Waals surface area contributed by atoms with E-state index < -0.39 is 6.10 Å². The van der Waals surface area contributed by atoms with Crippen LogP contribution in [0, 0.1) is 0 Å². The summed E-state index contributed by atoms with van der Waals surface area (Å²) in [5.74, 6) is -0.883. The van der Waals surface area contributed by atoms with Gasteiger partial charge in [0.2, 0.25) is 0 Å². The van der Waals surface area contributed by atoms with Crippen LogP contribution in [0.25, 0.3) is 0 Å². The Morgan fingerprint density at radius 2 is 0.536 bits per heavy atom. The fourth-order valence-electron chi connectivity index (χ4n) is 8.99. The third-order valence-electron chi connectivity index (χ3n) is 13.6. The lowest BCUT2D eigenvalue weighted by atomic mass is 10.0. The fraction of sp³-hybridized carbons (Fsp3) is 0.857. The second kappa shape index (κ2) is 58.2. The first kappa shape index (κ1) is 66.6. The molecule has 0 aliphatic rings. The normalized spacial score (nSPS) is 12.2. The van der Waals surface area contributed by atoms with Crippen molar-refractivity contribution < 1.29 is 28.6 Å². The molecule has 0 saturated heterocycles. The van der Waals surface area contributed by atoms with Gasteiger partial charge in [0.25, 0.3) is 0 Å². The molecule has 404 valence electrons.